The van der Waals surface area contributed by atoms with Crippen LogP contribution in [0, 0.1) is 0 Å². The first-order chi connectivity index (χ1) is 8.90. The molecule has 0 spiro atoms. The lowest BCUT2D eigenvalue weighted by Crippen LogP contribution is -1.93. The highest BCUT2D eigenvalue weighted by Gasteiger charge is 2.04. The van der Waals surface area contributed by atoms with Crippen molar-refractivity contribution in [3.63, 3.8) is 0 Å². The van der Waals surface area contributed by atoms with E-state index in [0.29, 0.717) is 0 Å². The predicted molar refractivity (Wildman–Crippen MR) is 76.6 cm³/mol. The number of unbranched alkanes of at least 4 members (excludes halogenated alkanes) is 1. The lowest BCUT2D eigenvalue weighted by atomic mass is 10.2. The van der Waals surface area contributed by atoms with E-state index in [4.69, 9.17) is 4.98 Å². The Morgan fingerprint density at radius 2 is 1.94 bits per heavy atom. The summed E-state index contributed by atoms with van der Waals surface area (Å²) in [6, 6.07) is 12.4. The number of benzene rings is 1. The summed E-state index contributed by atoms with van der Waals surface area (Å²) in [5, 5.41) is 0. The maximum Gasteiger partial charge on any atom is 0.0878 e. The quantitative estimate of drug-likeness (QED) is 0.662. The fraction of sp³-hybridized carbons (Fsp3) is 0.188. The average Bonchev–Trinajstić information content (AvgIpc) is 2.89. The van der Waals surface area contributed by atoms with Gasteiger partial charge >= 0.3 is 0 Å². The predicted octanol–water partition coefficient (Wildman–Crippen LogP) is 4.30. The Bertz CT molecular complexity index is 707. The van der Waals surface area contributed by atoms with E-state index in [9.17, 15) is 0 Å². The Kier molecular flexibility index (Phi) is 2.85. The van der Waals surface area contributed by atoms with Gasteiger partial charge in [-0.1, -0.05) is 31.6 Å². The van der Waals surface area contributed by atoms with Crippen LogP contribution in [0.1, 0.15) is 25.5 Å². The topological polar surface area (TPSA) is 17.3 Å². The molecule has 0 aliphatic rings. The Morgan fingerprint density at radius 1 is 1.11 bits per heavy atom. The second kappa shape index (κ2) is 4.65. The molecule has 2 aromatic heterocycles. The van der Waals surface area contributed by atoms with Crippen molar-refractivity contribution >= 4 is 22.6 Å². The van der Waals surface area contributed by atoms with E-state index in [1.165, 1.54) is 11.9 Å². The summed E-state index contributed by atoms with van der Waals surface area (Å²) >= 11 is 0. The van der Waals surface area contributed by atoms with Crippen molar-refractivity contribution in [3.05, 3.63) is 54.4 Å². The molecule has 0 unspecified atom stereocenters. The fourth-order valence-corrected chi connectivity index (χ4v) is 2.23. The van der Waals surface area contributed by atoms with Gasteiger partial charge in [0.05, 0.1) is 22.2 Å². The fourth-order valence-electron chi connectivity index (χ4n) is 2.23. The molecule has 3 rings (SSSR count). The first kappa shape index (κ1) is 11.0. The number of hydrogen-bond acceptors (Lipinski definition) is 1. The van der Waals surface area contributed by atoms with Crippen LogP contribution < -0.4 is 0 Å². The first-order valence-corrected chi connectivity index (χ1v) is 6.42. The van der Waals surface area contributed by atoms with E-state index in [2.05, 4.69) is 60.0 Å². The van der Waals surface area contributed by atoms with Crippen LogP contribution in [-0.2, 0) is 0 Å². The Balaban J connectivity index is 2.25. The molecule has 0 fully saturated rings. The van der Waals surface area contributed by atoms with Crippen molar-refractivity contribution in [2.75, 3.05) is 0 Å². The van der Waals surface area contributed by atoms with Crippen LogP contribution in [0.4, 0.5) is 0 Å². The Labute approximate surface area is 107 Å². The molecule has 0 aliphatic carbocycles. The van der Waals surface area contributed by atoms with E-state index in [1.807, 2.05) is 6.07 Å². The minimum Gasteiger partial charge on any atom is -0.313 e. The average molecular weight is 236 g/mol. The van der Waals surface area contributed by atoms with Crippen molar-refractivity contribution in [2.24, 2.45) is 0 Å². The summed E-state index contributed by atoms with van der Waals surface area (Å²) in [5.41, 5.74) is 4.41. The zero-order chi connectivity index (χ0) is 12.4. The molecule has 2 heterocycles. The van der Waals surface area contributed by atoms with Crippen molar-refractivity contribution in [1.82, 2.24) is 9.38 Å². The van der Waals surface area contributed by atoms with Gasteiger partial charge in [0.2, 0.25) is 0 Å². The molecule has 0 N–H and O–H groups in total. The molecule has 0 saturated carbocycles. The molecule has 0 atom stereocenters. The number of aromatic nitrogens is 2. The molecule has 1 aromatic carbocycles. The summed E-state index contributed by atoms with van der Waals surface area (Å²) in [7, 11) is 0. The molecule has 2 nitrogen and oxygen atoms in total. The van der Waals surface area contributed by atoms with Crippen LogP contribution in [0.15, 0.2) is 48.7 Å². The van der Waals surface area contributed by atoms with E-state index >= 15 is 0 Å². The van der Waals surface area contributed by atoms with E-state index in [1.54, 1.807) is 0 Å². The lowest BCUT2D eigenvalue weighted by molar-refractivity contribution is 0.962. The number of hydrogen-bond donors (Lipinski definition) is 0. The van der Waals surface area contributed by atoms with Gasteiger partial charge in [-0.15, -0.1) is 0 Å². The van der Waals surface area contributed by atoms with Crippen LogP contribution in [-0.4, -0.2) is 9.38 Å². The largest absolute Gasteiger partial charge is 0.313 e. The molecule has 0 radical (unpaired) electrons. The van der Waals surface area contributed by atoms with Crippen LogP contribution in [0.3, 0.4) is 0 Å². The van der Waals surface area contributed by atoms with Gasteiger partial charge in [0.15, 0.2) is 0 Å². The lowest BCUT2D eigenvalue weighted by Gasteiger charge is -2.05. The van der Waals surface area contributed by atoms with Gasteiger partial charge < -0.3 is 4.40 Å². The van der Waals surface area contributed by atoms with Gasteiger partial charge in [0.1, 0.15) is 0 Å². The third-order valence-corrected chi connectivity index (χ3v) is 3.12. The highest BCUT2D eigenvalue weighted by molar-refractivity contribution is 5.82. The SMILES string of the molecule is CCC/C=C/c1nc2ccccc2n2cccc12. The molecule has 0 bridgehead atoms. The molecular weight excluding hydrogens is 220 g/mol. The minimum absolute atomic E-state index is 1.04. The zero-order valence-corrected chi connectivity index (χ0v) is 10.5. The Hall–Kier alpha value is -2.09. The van der Waals surface area contributed by atoms with Gasteiger partial charge in [0, 0.05) is 6.20 Å². The van der Waals surface area contributed by atoms with Crippen LogP contribution in [0.25, 0.3) is 22.6 Å². The molecule has 3 aromatic rings. The molecule has 0 amide bonds. The third kappa shape index (κ3) is 1.80. The number of rotatable bonds is 3. The van der Waals surface area contributed by atoms with Gasteiger partial charge in [-0.3, -0.25) is 0 Å². The molecule has 90 valence electrons. The molecule has 0 aliphatic heterocycles. The second-order valence-electron chi connectivity index (χ2n) is 4.44. The Morgan fingerprint density at radius 3 is 2.83 bits per heavy atom. The highest BCUT2D eigenvalue weighted by Crippen LogP contribution is 2.19. The van der Waals surface area contributed by atoms with Crippen molar-refractivity contribution in [3.8, 4) is 0 Å². The third-order valence-electron chi connectivity index (χ3n) is 3.12. The van der Waals surface area contributed by atoms with E-state index in [0.717, 1.165) is 23.1 Å². The van der Waals surface area contributed by atoms with Crippen molar-refractivity contribution < 1.29 is 0 Å². The first-order valence-electron chi connectivity index (χ1n) is 6.42. The summed E-state index contributed by atoms with van der Waals surface area (Å²) in [6.45, 7) is 2.19. The van der Waals surface area contributed by atoms with Crippen LogP contribution in [0.2, 0.25) is 0 Å². The normalized spacial score (nSPS) is 11.8. The molecule has 0 saturated heterocycles. The molecule has 18 heavy (non-hydrogen) atoms. The number of para-hydroxylation sites is 2. The van der Waals surface area contributed by atoms with Crippen molar-refractivity contribution in [1.29, 1.82) is 0 Å². The minimum atomic E-state index is 1.04. The standard InChI is InChI=1S/C16H16N2/c1-2-3-4-8-13-16-11-7-12-18(16)15-10-6-5-9-14(15)17-13/h4-12H,2-3H2,1H3/b8-4+. The summed E-state index contributed by atoms with van der Waals surface area (Å²) < 4.78 is 2.20. The van der Waals surface area contributed by atoms with Gasteiger partial charge in [0.25, 0.3) is 0 Å². The summed E-state index contributed by atoms with van der Waals surface area (Å²) in [4.78, 5) is 4.74. The van der Waals surface area contributed by atoms with Crippen molar-refractivity contribution in [2.45, 2.75) is 19.8 Å². The van der Waals surface area contributed by atoms with Gasteiger partial charge in [-0.25, -0.2) is 4.98 Å². The molecular formula is C16H16N2. The van der Waals surface area contributed by atoms with Crippen LogP contribution in [0.5, 0.6) is 0 Å². The highest BCUT2D eigenvalue weighted by atomic mass is 14.9. The number of allylic oxidation sites excluding steroid dienone is 1. The van der Waals surface area contributed by atoms with Gasteiger partial charge in [-0.05, 0) is 36.8 Å². The number of nitrogens with zero attached hydrogens (tertiary/aromatic N) is 2. The maximum absolute atomic E-state index is 4.74. The molecule has 2 heteroatoms. The van der Waals surface area contributed by atoms with Crippen LogP contribution >= 0.6 is 0 Å². The zero-order valence-electron chi connectivity index (χ0n) is 10.5. The second-order valence-corrected chi connectivity index (χ2v) is 4.44. The summed E-state index contributed by atoms with van der Waals surface area (Å²) in [5.74, 6) is 0. The monoisotopic (exact) mass is 236 g/mol. The van der Waals surface area contributed by atoms with E-state index < -0.39 is 0 Å². The maximum atomic E-state index is 4.74. The van der Waals surface area contributed by atoms with Gasteiger partial charge in [-0.2, -0.15) is 0 Å². The summed E-state index contributed by atoms with van der Waals surface area (Å²) in [6.07, 6.45) is 8.69. The van der Waals surface area contributed by atoms with E-state index in [-0.39, 0.29) is 0 Å². The number of fused-ring (bicyclic) bond motifs is 3. The smallest absolute Gasteiger partial charge is 0.0878 e.